The normalized spacial score (nSPS) is 19.2. The van der Waals surface area contributed by atoms with Crippen LogP contribution < -0.4 is 4.74 Å². The lowest BCUT2D eigenvalue weighted by atomic mass is 9.88. The van der Waals surface area contributed by atoms with E-state index in [1.54, 1.807) is 17.0 Å². The molecule has 1 fully saturated rings. The van der Waals surface area contributed by atoms with Gasteiger partial charge in [-0.25, -0.2) is 0 Å². The molecule has 2 aromatic rings. The second-order valence-electron chi connectivity index (χ2n) is 6.62. The Balaban J connectivity index is 1.81. The molecule has 0 spiro atoms. The van der Waals surface area contributed by atoms with E-state index in [-0.39, 0.29) is 5.91 Å². The Kier molecular flexibility index (Phi) is 5.58. The summed E-state index contributed by atoms with van der Waals surface area (Å²) >= 11 is 0. The molecule has 3 rings (SSSR count). The average molecular weight is 348 g/mol. The van der Waals surface area contributed by atoms with Gasteiger partial charge >= 0.3 is 0 Å². The molecule has 1 heterocycles. The van der Waals surface area contributed by atoms with Gasteiger partial charge in [-0.1, -0.05) is 43.7 Å². The fraction of sp³-hybridized carbons (Fsp3) is 0.364. The van der Waals surface area contributed by atoms with Crippen molar-refractivity contribution in [3.8, 4) is 11.8 Å². The molecule has 0 aromatic heterocycles. The van der Waals surface area contributed by atoms with Crippen LogP contribution in [0, 0.1) is 11.3 Å². The van der Waals surface area contributed by atoms with Crippen molar-refractivity contribution in [2.75, 3.05) is 13.2 Å². The highest BCUT2D eigenvalue weighted by molar-refractivity contribution is 5.95. The first-order valence-electron chi connectivity index (χ1n) is 9.23. The van der Waals surface area contributed by atoms with Gasteiger partial charge in [-0.2, -0.15) is 5.26 Å². The Morgan fingerprint density at radius 3 is 2.58 bits per heavy atom. The van der Waals surface area contributed by atoms with Crippen LogP contribution >= 0.6 is 0 Å². The van der Waals surface area contributed by atoms with E-state index in [4.69, 9.17) is 4.74 Å². The van der Waals surface area contributed by atoms with Crippen molar-refractivity contribution < 1.29 is 9.53 Å². The van der Waals surface area contributed by atoms with E-state index in [1.807, 2.05) is 42.5 Å². The standard InChI is InChI=1S/C22H24N2O2/c1-2-3-16-26-20-12-10-18(11-13-20)21(25)24-15-7-14-22(24,17-23)19-8-5-4-6-9-19/h4-6,8-13H,2-3,7,14-16H2,1H3. The molecule has 0 N–H and O–H groups in total. The Labute approximate surface area is 155 Å². The van der Waals surface area contributed by atoms with E-state index in [0.717, 1.165) is 30.6 Å². The lowest BCUT2D eigenvalue weighted by molar-refractivity contribution is 0.0670. The van der Waals surface area contributed by atoms with E-state index < -0.39 is 5.54 Å². The van der Waals surface area contributed by atoms with E-state index in [2.05, 4.69) is 13.0 Å². The molecule has 1 aliphatic heterocycles. The molecule has 1 amide bonds. The molecule has 4 heteroatoms. The first kappa shape index (κ1) is 18.0. The van der Waals surface area contributed by atoms with Crippen LogP contribution in [0.3, 0.4) is 0 Å². The molecular weight excluding hydrogens is 324 g/mol. The molecule has 26 heavy (non-hydrogen) atoms. The molecular formula is C22H24N2O2. The minimum Gasteiger partial charge on any atom is -0.494 e. The van der Waals surface area contributed by atoms with Crippen molar-refractivity contribution in [1.82, 2.24) is 4.90 Å². The van der Waals surface area contributed by atoms with Gasteiger partial charge in [-0.3, -0.25) is 4.79 Å². The zero-order valence-electron chi connectivity index (χ0n) is 15.1. The van der Waals surface area contributed by atoms with Gasteiger partial charge < -0.3 is 9.64 Å². The molecule has 2 aromatic carbocycles. The zero-order valence-corrected chi connectivity index (χ0v) is 15.1. The van der Waals surface area contributed by atoms with Gasteiger partial charge in [0.05, 0.1) is 12.7 Å². The molecule has 0 radical (unpaired) electrons. The summed E-state index contributed by atoms with van der Waals surface area (Å²) in [6, 6.07) is 19.3. The molecule has 0 aliphatic carbocycles. The Morgan fingerprint density at radius 2 is 1.92 bits per heavy atom. The summed E-state index contributed by atoms with van der Waals surface area (Å²) in [7, 11) is 0. The quantitative estimate of drug-likeness (QED) is 0.721. The van der Waals surface area contributed by atoms with E-state index in [1.165, 1.54) is 0 Å². The van der Waals surface area contributed by atoms with E-state index >= 15 is 0 Å². The second kappa shape index (κ2) is 8.05. The summed E-state index contributed by atoms with van der Waals surface area (Å²) in [5, 5.41) is 9.94. The molecule has 0 bridgehead atoms. The zero-order chi connectivity index (χ0) is 18.4. The number of benzene rings is 2. The lowest BCUT2D eigenvalue weighted by Crippen LogP contribution is -2.44. The number of ether oxygens (including phenoxy) is 1. The van der Waals surface area contributed by atoms with Gasteiger partial charge in [0.1, 0.15) is 5.75 Å². The van der Waals surface area contributed by atoms with Crippen LogP contribution in [0.4, 0.5) is 0 Å². The smallest absolute Gasteiger partial charge is 0.255 e. The van der Waals surface area contributed by atoms with Crippen LogP contribution in [-0.4, -0.2) is 24.0 Å². The molecule has 1 atom stereocenters. The number of hydrogen-bond donors (Lipinski definition) is 0. The number of hydrogen-bond acceptors (Lipinski definition) is 3. The predicted octanol–water partition coefficient (Wildman–Crippen LogP) is 4.52. The van der Waals surface area contributed by atoms with Gasteiger partial charge in [0.25, 0.3) is 5.91 Å². The maximum absolute atomic E-state index is 13.1. The number of amides is 1. The number of carbonyl (C=O) groups excluding carboxylic acids is 1. The van der Waals surface area contributed by atoms with Crippen molar-refractivity contribution in [1.29, 1.82) is 5.26 Å². The monoisotopic (exact) mass is 348 g/mol. The third kappa shape index (κ3) is 3.43. The third-order valence-electron chi connectivity index (χ3n) is 4.93. The molecule has 4 nitrogen and oxygen atoms in total. The number of unbranched alkanes of at least 4 members (excludes halogenated alkanes) is 1. The largest absolute Gasteiger partial charge is 0.494 e. The third-order valence-corrected chi connectivity index (χ3v) is 4.93. The summed E-state index contributed by atoms with van der Waals surface area (Å²) in [6.45, 7) is 3.40. The van der Waals surface area contributed by atoms with Crippen molar-refractivity contribution in [2.24, 2.45) is 0 Å². The van der Waals surface area contributed by atoms with Crippen LogP contribution in [-0.2, 0) is 5.54 Å². The van der Waals surface area contributed by atoms with E-state index in [9.17, 15) is 10.1 Å². The Hall–Kier alpha value is -2.80. The maximum atomic E-state index is 13.1. The van der Waals surface area contributed by atoms with Gasteiger partial charge in [-0.15, -0.1) is 0 Å². The first-order chi connectivity index (χ1) is 12.7. The second-order valence-corrected chi connectivity index (χ2v) is 6.62. The van der Waals surface area contributed by atoms with Gasteiger partial charge in [0.2, 0.25) is 0 Å². The van der Waals surface area contributed by atoms with Gasteiger partial charge in [0.15, 0.2) is 5.54 Å². The first-order valence-corrected chi connectivity index (χ1v) is 9.23. The van der Waals surface area contributed by atoms with Crippen molar-refractivity contribution >= 4 is 5.91 Å². The van der Waals surface area contributed by atoms with E-state index in [0.29, 0.717) is 25.1 Å². The summed E-state index contributed by atoms with van der Waals surface area (Å²) < 4.78 is 5.66. The Bertz CT molecular complexity index is 780. The minimum absolute atomic E-state index is 0.104. The molecule has 0 saturated carbocycles. The highest BCUT2D eigenvalue weighted by atomic mass is 16.5. The number of rotatable bonds is 6. The van der Waals surface area contributed by atoms with Crippen LogP contribution in [0.5, 0.6) is 5.75 Å². The molecule has 134 valence electrons. The number of nitrogens with zero attached hydrogens (tertiary/aromatic N) is 2. The minimum atomic E-state index is -0.880. The fourth-order valence-electron chi connectivity index (χ4n) is 3.47. The average Bonchev–Trinajstić information content (AvgIpc) is 3.14. The van der Waals surface area contributed by atoms with Crippen molar-refractivity contribution in [3.05, 3.63) is 65.7 Å². The fourth-order valence-corrected chi connectivity index (χ4v) is 3.47. The predicted molar refractivity (Wildman–Crippen MR) is 101 cm³/mol. The van der Waals surface area contributed by atoms with Crippen LogP contribution in [0.15, 0.2) is 54.6 Å². The van der Waals surface area contributed by atoms with Crippen LogP contribution in [0.2, 0.25) is 0 Å². The Morgan fingerprint density at radius 1 is 1.19 bits per heavy atom. The molecule has 1 unspecified atom stereocenters. The maximum Gasteiger partial charge on any atom is 0.255 e. The summed E-state index contributed by atoms with van der Waals surface area (Å²) in [5.74, 6) is 0.666. The van der Waals surface area contributed by atoms with Crippen LogP contribution in [0.25, 0.3) is 0 Å². The SMILES string of the molecule is CCCCOc1ccc(C(=O)N2CCCC2(C#N)c2ccccc2)cc1. The number of nitriles is 1. The van der Waals surface area contributed by atoms with Gasteiger partial charge in [0, 0.05) is 12.1 Å². The number of likely N-dealkylation sites (tertiary alicyclic amines) is 1. The summed E-state index contributed by atoms with van der Waals surface area (Å²) in [5.41, 5.74) is 0.590. The van der Waals surface area contributed by atoms with Crippen molar-refractivity contribution in [2.45, 2.75) is 38.1 Å². The highest BCUT2D eigenvalue weighted by Crippen LogP contribution is 2.39. The lowest BCUT2D eigenvalue weighted by Gasteiger charge is -2.33. The summed E-state index contributed by atoms with van der Waals surface area (Å²) in [4.78, 5) is 14.8. The molecule has 1 aliphatic rings. The van der Waals surface area contributed by atoms with Crippen LogP contribution in [0.1, 0.15) is 48.5 Å². The number of carbonyl (C=O) groups is 1. The van der Waals surface area contributed by atoms with Gasteiger partial charge in [-0.05, 0) is 49.1 Å². The van der Waals surface area contributed by atoms with Crippen molar-refractivity contribution in [3.63, 3.8) is 0 Å². The highest BCUT2D eigenvalue weighted by Gasteiger charge is 2.45. The summed E-state index contributed by atoms with van der Waals surface area (Å²) in [6.07, 6.45) is 3.58. The molecule has 1 saturated heterocycles. The topological polar surface area (TPSA) is 53.3 Å².